The lowest BCUT2D eigenvalue weighted by atomic mass is 9.76. The van der Waals surface area contributed by atoms with E-state index in [4.69, 9.17) is 10.5 Å². The van der Waals surface area contributed by atoms with Crippen molar-refractivity contribution in [2.45, 2.75) is 189 Å². The number of urea groups is 1. The fourth-order valence-corrected chi connectivity index (χ4v) is 12.1. The van der Waals surface area contributed by atoms with Gasteiger partial charge in [-0.2, -0.15) is 0 Å². The molecule has 1 aliphatic heterocycles. The molecule has 0 radical (unpaired) electrons. The molecule has 3 aromatic carbocycles. The zero-order valence-corrected chi connectivity index (χ0v) is 55.8. The number of Topliss-reactive ketones (excluding diaryl/α,β-unsaturated/α-hetero) is 2. The quantitative estimate of drug-likeness (QED) is 0.0147. The van der Waals surface area contributed by atoms with Crippen LogP contribution >= 0.6 is 0 Å². The van der Waals surface area contributed by atoms with Crippen LogP contribution in [-0.4, -0.2) is 129 Å². The summed E-state index contributed by atoms with van der Waals surface area (Å²) >= 11 is 0. The number of aryl methyl sites for hydroxylation is 1. The Morgan fingerprint density at radius 3 is 1.96 bits per heavy atom. The SMILES string of the molecule is CN[C@H](C(=O)N[C@H](C(=O)N(C)[C@H](/C=C(\C)C(=O)NS(=O)(=O)Cc1ccccc1)C(C)C)C(C)(C)C)C(C)(C)c1ccc(CCC(=O)OCc2ccc(CC(=O)[C@H](CCCNC(N)=O)NC(=O)[C@@H](CC(=O)CCCCCN3C(=O)CC(C)C3=O)C(C)C)cc2)cc1. The van der Waals surface area contributed by atoms with E-state index in [1.807, 2.05) is 86.6 Å². The van der Waals surface area contributed by atoms with E-state index >= 15 is 0 Å². The van der Waals surface area contributed by atoms with Gasteiger partial charge >= 0.3 is 12.0 Å². The molecule has 0 saturated carbocycles. The van der Waals surface area contributed by atoms with E-state index in [2.05, 4.69) is 26.0 Å². The van der Waals surface area contributed by atoms with Crippen LogP contribution in [0, 0.1) is 29.1 Å². The molecule has 22 heteroatoms. The van der Waals surface area contributed by atoms with Gasteiger partial charge in [-0.3, -0.25) is 48.1 Å². The number of nitrogens with one attached hydrogen (secondary N) is 5. The number of ketones is 2. The summed E-state index contributed by atoms with van der Waals surface area (Å²) in [5.74, 6) is -4.98. The van der Waals surface area contributed by atoms with Crippen LogP contribution in [0.5, 0.6) is 0 Å². The zero-order chi connectivity index (χ0) is 67.3. The first-order valence-corrected chi connectivity index (χ1v) is 32.9. The molecule has 1 saturated heterocycles. The lowest BCUT2D eigenvalue weighted by Crippen LogP contribution is -2.61. The standard InChI is InChI=1S/C68H98N8O13S/c1-43(2)53(40-52(77)23-18-15-19-36-76-57(79)38-46(6)64(76)84)62(82)72-54(24-20-35-71-66(69)86)56(78)39-48-25-27-49(28-26-48)41-89-58(80)34-31-47-29-32-51(33-30-47)68(10,11)59(70-12)63(83)73-60(67(7,8)9)65(85)75(13)55(44(3)4)37-45(5)61(81)74-90(87,88)42-50-21-16-14-17-22-50/h14,16-17,21-22,25-30,32-33,37,43-44,46,53-55,59-60,70H,15,18-20,23-24,31,34-36,38-42H2,1-13H3,(H,72,82)(H,73,83)(H,74,81)(H3,69,71,86)/b45-37+/t46?,53-,54-,55+,59+,60+/m0/s1. The Morgan fingerprint density at radius 1 is 0.767 bits per heavy atom. The molecule has 6 atom stereocenters. The highest BCUT2D eigenvalue weighted by molar-refractivity contribution is 7.89. The van der Waals surface area contributed by atoms with E-state index in [1.165, 1.54) is 16.7 Å². The summed E-state index contributed by atoms with van der Waals surface area (Å²) in [5.41, 5.74) is 7.34. The first-order valence-electron chi connectivity index (χ1n) is 31.2. The fourth-order valence-electron chi connectivity index (χ4n) is 10.9. The topological polar surface area (TPSA) is 307 Å². The number of ether oxygens (including phenoxy) is 1. The summed E-state index contributed by atoms with van der Waals surface area (Å²) in [6, 6.07) is 19.0. The second-order valence-corrected chi connectivity index (χ2v) is 27.9. The van der Waals surface area contributed by atoms with Gasteiger partial charge in [-0.1, -0.05) is 161 Å². The third-order valence-electron chi connectivity index (χ3n) is 16.6. The Bertz CT molecular complexity index is 3120. The van der Waals surface area contributed by atoms with Gasteiger partial charge in [0.15, 0.2) is 5.78 Å². The molecule has 7 N–H and O–H groups in total. The van der Waals surface area contributed by atoms with Crippen molar-refractivity contribution in [1.29, 1.82) is 0 Å². The Morgan fingerprint density at radius 2 is 1.39 bits per heavy atom. The van der Waals surface area contributed by atoms with Gasteiger partial charge in [0.25, 0.3) is 5.91 Å². The third kappa shape index (κ3) is 23.3. The predicted molar refractivity (Wildman–Crippen MR) is 345 cm³/mol. The second kappa shape index (κ2) is 34.6. The van der Waals surface area contributed by atoms with Crippen molar-refractivity contribution in [2.75, 3.05) is 27.2 Å². The molecule has 1 unspecified atom stereocenters. The van der Waals surface area contributed by atoms with Gasteiger partial charge in [-0.15, -0.1) is 0 Å². The molecular weight excluding hydrogens is 1170 g/mol. The van der Waals surface area contributed by atoms with E-state index < -0.39 is 86.6 Å². The number of rotatable bonds is 36. The van der Waals surface area contributed by atoms with Crippen LogP contribution in [0.1, 0.15) is 162 Å². The Balaban J connectivity index is 1.30. The smallest absolute Gasteiger partial charge is 0.312 e. The van der Waals surface area contributed by atoms with Crippen LogP contribution in [-0.2, 0) is 88.5 Å². The minimum absolute atomic E-state index is 0.00958. The molecule has 494 valence electrons. The largest absolute Gasteiger partial charge is 0.461 e. The van der Waals surface area contributed by atoms with Crippen molar-refractivity contribution in [1.82, 2.24) is 35.8 Å². The summed E-state index contributed by atoms with van der Waals surface area (Å²) < 4.78 is 33.5. The molecule has 21 nitrogen and oxygen atoms in total. The molecule has 8 amide bonds. The third-order valence-corrected chi connectivity index (χ3v) is 17.8. The fraction of sp³-hybridized carbons (Fsp3) is 0.559. The van der Waals surface area contributed by atoms with Crippen molar-refractivity contribution in [3.8, 4) is 0 Å². The molecule has 1 aliphatic rings. The molecule has 1 fully saturated rings. The van der Waals surface area contributed by atoms with Crippen molar-refractivity contribution in [2.24, 2.45) is 34.8 Å². The molecule has 0 aliphatic carbocycles. The first-order chi connectivity index (χ1) is 42.1. The number of esters is 1. The van der Waals surface area contributed by atoms with Gasteiger partial charge in [0, 0.05) is 75.1 Å². The highest BCUT2D eigenvalue weighted by atomic mass is 32.2. The number of primary amides is 1. The number of unbranched alkanes of at least 4 members (excludes halogenated alkanes) is 2. The molecule has 3 aromatic rings. The minimum atomic E-state index is -4.02. The van der Waals surface area contributed by atoms with E-state index in [0.717, 1.165) is 11.1 Å². The van der Waals surface area contributed by atoms with Crippen LogP contribution in [0.2, 0.25) is 0 Å². The van der Waals surface area contributed by atoms with Crippen LogP contribution in [0.3, 0.4) is 0 Å². The number of benzene rings is 3. The van der Waals surface area contributed by atoms with Gasteiger partial charge < -0.3 is 36.6 Å². The summed E-state index contributed by atoms with van der Waals surface area (Å²) in [5, 5.41) is 11.6. The number of nitrogens with zero attached hydrogens (tertiary/aromatic N) is 2. The first kappa shape index (κ1) is 74.9. The maximum absolute atomic E-state index is 14.5. The molecule has 0 spiro atoms. The second-order valence-electron chi connectivity index (χ2n) is 26.2. The van der Waals surface area contributed by atoms with Crippen LogP contribution in [0.4, 0.5) is 4.79 Å². The van der Waals surface area contributed by atoms with E-state index in [9.17, 15) is 56.4 Å². The number of likely N-dealkylation sites (tertiary alicyclic amines) is 1. The number of nitrogens with two attached hydrogens (primary N) is 1. The van der Waals surface area contributed by atoms with Gasteiger partial charge in [-0.25, -0.2) is 17.9 Å². The number of imide groups is 1. The molecular formula is C68H98N8O13S. The Labute approximate surface area is 532 Å². The number of carbonyl (C=O) groups excluding carboxylic acids is 10. The monoisotopic (exact) mass is 1270 g/mol. The molecule has 0 aromatic heterocycles. The molecule has 4 rings (SSSR count). The average Bonchev–Trinajstić information content (AvgIpc) is 1.54. The minimum Gasteiger partial charge on any atom is -0.461 e. The molecule has 90 heavy (non-hydrogen) atoms. The van der Waals surface area contributed by atoms with Crippen LogP contribution in [0.15, 0.2) is 90.5 Å². The highest BCUT2D eigenvalue weighted by Gasteiger charge is 2.42. The van der Waals surface area contributed by atoms with Crippen molar-refractivity contribution < 1.29 is 61.1 Å². The van der Waals surface area contributed by atoms with E-state index in [-0.39, 0.29) is 104 Å². The number of sulfonamides is 1. The van der Waals surface area contributed by atoms with Crippen LogP contribution in [0.25, 0.3) is 0 Å². The molecule has 1 heterocycles. The normalized spacial score (nSPS) is 15.6. The lowest BCUT2D eigenvalue weighted by Gasteiger charge is -2.40. The van der Waals surface area contributed by atoms with Gasteiger partial charge in [-0.05, 0) is 91.1 Å². The summed E-state index contributed by atoms with van der Waals surface area (Å²) in [6.45, 7) is 20.5. The highest BCUT2D eigenvalue weighted by Crippen LogP contribution is 2.30. The Hall–Kier alpha value is -7.59. The van der Waals surface area contributed by atoms with Crippen LogP contribution < -0.4 is 31.7 Å². The number of amides is 8. The number of hydrogen-bond donors (Lipinski definition) is 6. The number of hydrogen-bond acceptors (Lipinski definition) is 14. The maximum atomic E-state index is 14.5. The van der Waals surface area contributed by atoms with Crippen molar-refractivity contribution in [3.63, 3.8) is 0 Å². The molecule has 0 bridgehead atoms. The number of carbonyl (C=O) groups is 10. The van der Waals surface area contributed by atoms with Gasteiger partial charge in [0.1, 0.15) is 18.4 Å². The zero-order valence-electron chi connectivity index (χ0n) is 55.0. The predicted octanol–water partition coefficient (Wildman–Crippen LogP) is 7.07. The van der Waals surface area contributed by atoms with Crippen molar-refractivity contribution in [3.05, 3.63) is 118 Å². The maximum Gasteiger partial charge on any atom is 0.312 e. The van der Waals surface area contributed by atoms with Gasteiger partial charge in [0.2, 0.25) is 39.6 Å². The summed E-state index contributed by atoms with van der Waals surface area (Å²) in [4.78, 5) is 134. The average molecular weight is 1270 g/mol. The summed E-state index contributed by atoms with van der Waals surface area (Å²) in [6.07, 6.45) is 4.78. The van der Waals surface area contributed by atoms with E-state index in [0.29, 0.717) is 55.3 Å². The Kier molecular flexibility index (Phi) is 28.8. The summed E-state index contributed by atoms with van der Waals surface area (Å²) in [7, 11) is -0.753. The van der Waals surface area contributed by atoms with Crippen molar-refractivity contribution >= 4 is 69.0 Å². The van der Waals surface area contributed by atoms with E-state index in [1.54, 1.807) is 81.7 Å². The lowest BCUT2D eigenvalue weighted by molar-refractivity contribution is -0.145. The number of likely N-dealkylation sites (N-methyl/N-ethyl adjacent to an activating group) is 2. The van der Waals surface area contributed by atoms with Gasteiger partial charge in [0.05, 0.1) is 23.9 Å².